The van der Waals surface area contributed by atoms with E-state index in [1.165, 1.54) is 0 Å². The molecule has 1 aliphatic rings. The lowest BCUT2D eigenvalue weighted by molar-refractivity contribution is -0.124. The molecule has 3 amide bonds. The molecule has 6 heteroatoms. The van der Waals surface area contributed by atoms with Gasteiger partial charge in [0, 0.05) is 0 Å². The number of hydrogen-bond donors (Lipinski definition) is 2. The topological polar surface area (TPSA) is 75.3 Å². The third kappa shape index (κ3) is 1.76. The summed E-state index contributed by atoms with van der Waals surface area (Å²) >= 11 is 1.02. The first-order valence-electron chi connectivity index (χ1n) is 3.43. The molecule has 1 atom stereocenters. The summed E-state index contributed by atoms with van der Waals surface area (Å²) in [5.41, 5.74) is 0. The second-order valence-electron chi connectivity index (χ2n) is 2.15. The number of imide groups is 1. The van der Waals surface area contributed by atoms with Gasteiger partial charge in [0.2, 0.25) is 5.12 Å². The molecule has 0 aromatic rings. The second kappa shape index (κ2) is 3.57. The molecule has 0 aromatic carbocycles. The maximum Gasteiger partial charge on any atom is 0.322 e. The minimum atomic E-state index is -0.998. The van der Waals surface area contributed by atoms with E-state index in [-0.39, 0.29) is 5.12 Å². The Morgan fingerprint density at radius 1 is 1.58 bits per heavy atom. The first-order chi connectivity index (χ1) is 5.65. The van der Waals surface area contributed by atoms with Crippen molar-refractivity contribution < 1.29 is 14.4 Å². The van der Waals surface area contributed by atoms with Crippen molar-refractivity contribution in [2.24, 2.45) is 0 Å². The Balaban J connectivity index is 2.58. The molecule has 66 valence electrons. The average Bonchev–Trinajstić information content (AvgIpc) is 2.30. The molecule has 1 unspecified atom stereocenters. The van der Waals surface area contributed by atoms with E-state index in [2.05, 4.69) is 5.32 Å². The molecule has 0 radical (unpaired) electrons. The van der Waals surface area contributed by atoms with Gasteiger partial charge in [-0.05, 0) is 5.75 Å². The predicted molar refractivity (Wildman–Crippen MR) is 43.6 cm³/mol. The van der Waals surface area contributed by atoms with Crippen molar-refractivity contribution in [2.75, 3.05) is 5.75 Å². The Morgan fingerprint density at radius 3 is 2.67 bits per heavy atom. The van der Waals surface area contributed by atoms with Gasteiger partial charge in [-0.25, -0.2) is 4.79 Å². The van der Waals surface area contributed by atoms with Crippen molar-refractivity contribution >= 4 is 28.8 Å². The van der Waals surface area contributed by atoms with Crippen molar-refractivity contribution in [3.05, 3.63) is 0 Å². The zero-order valence-corrected chi connectivity index (χ0v) is 7.23. The number of amides is 3. The van der Waals surface area contributed by atoms with Crippen LogP contribution in [0.15, 0.2) is 0 Å². The van der Waals surface area contributed by atoms with Gasteiger partial charge in [-0.2, -0.15) is 0 Å². The number of thioether (sulfide) groups is 1. The lowest BCUT2D eigenvalue weighted by Gasteiger charge is -2.02. The van der Waals surface area contributed by atoms with E-state index in [0.717, 1.165) is 11.8 Å². The van der Waals surface area contributed by atoms with Crippen LogP contribution in [0.4, 0.5) is 4.79 Å². The number of rotatable bonds is 2. The van der Waals surface area contributed by atoms with Crippen LogP contribution in [-0.2, 0) is 9.59 Å². The Kier molecular flexibility index (Phi) is 2.69. The van der Waals surface area contributed by atoms with E-state index in [0.29, 0.717) is 5.75 Å². The van der Waals surface area contributed by atoms with Gasteiger partial charge in [0.05, 0.1) is 0 Å². The van der Waals surface area contributed by atoms with Crippen molar-refractivity contribution in [3.63, 3.8) is 0 Å². The number of hydrogen-bond acceptors (Lipinski definition) is 4. The van der Waals surface area contributed by atoms with Crippen molar-refractivity contribution in [1.29, 1.82) is 0 Å². The summed E-state index contributed by atoms with van der Waals surface area (Å²) < 4.78 is 0. The second-order valence-corrected chi connectivity index (χ2v) is 3.42. The number of nitrogens with one attached hydrogen (secondary N) is 2. The van der Waals surface area contributed by atoms with Crippen LogP contribution in [0, 0.1) is 0 Å². The van der Waals surface area contributed by atoms with Crippen LogP contribution in [-0.4, -0.2) is 28.8 Å². The summed E-state index contributed by atoms with van der Waals surface area (Å²) in [6.07, 6.45) is 0. The molecule has 0 bridgehead atoms. The van der Waals surface area contributed by atoms with Crippen LogP contribution >= 0.6 is 11.8 Å². The molecule has 1 rings (SSSR count). The first kappa shape index (κ1) is 9.05. The fourth-order valence-corrected chi connectivity index (χ4v) is 1.43. The van der Waals surface area contributed by atoms with Gasteiger partial charge in [-0.3, -0.25) is 14.9 Å². The van der Waals surface area contributed by atoms with Crippen LogP contribution in [0.5, 0.6) is 0 Å². The molecule has 0 aromatic heterocycles. The molecule has 1 saturated heterocycles. The van der Waals surface area contributed by atoms with Gasteiger partial charge in [0.1, 0.15) is 0 Å². The minimum absolute atomic E-state index is 0.319. The van der Waals surface area contributed by atoms with E-state index in [1.54, 1.807) is 6.92 Å². The molecule has 0 saturated carbocycles. The largest absolute Gasteiger partial charge is 0.322 e. The highest BCUT2D eigenvalue weighted by atomic mass is 32.2. The van der Waals surface area contributed by atoms with Gasteiger partial charge in [0.15, 0.2) is 6.04 Å². The monoisotopic (exact) mass is 188 g/mol. The molecule has 1 heterocycles. The standard InChI is InChI=1S/C6H8N2O3S/c1-2-12-5(10)3-4(9)8-6(11)7-3/h3H,2H2,1H3,(H2,7,8,9,11). The van der Waals surface area contributed by atoms with E-state index in [4.69, 9.17) is 0 Å². The third-order valence-corrected chi connectivity index (χ3v) is 2.11. The normalized spacial score (nSPS) is 21.9. The Bertz CT molecular complexity index is 241. The number of carbonyl (C=O) groups excluding carboxylic acids is 3. The quantitative estimate of drug-likeness (QED) is 0.451. The van der Waals surface area contributed by atoms with Crippen LogP contribution in [0.25, 0.3) is 0 Å². The van der Waals surface area contributed by atoms with Gasteiger partial charge >= 0.3 is 6.03 Å². The summed E-state index contributed by atoms with van der Waals surface area (Å²) in [6, 6.07) is -1.60. The highest BCUT2D eigenvalue weighted by Gasteiger charge is 2.35. The van der Waals surface area contributed by atoms with Gasteiger partial charge < -0.3 is 5.32 Å². The molecule has 2 N–H and O–H groups in total. The van der Waals surface area contributed by atoms with Gasteiger partial charge in [-0.15, -0.1) is 0 Å². The van der Waals surface area contributed by atoms with E-state index < -0.39 is 18.0 Å². The summed E-state index contributed by atoms with van der Waals surface area (Å²) in [7, 11) is 0. The molecule has 1 fully saturated rings. The summed E-state index contributed by atoms with van der Waals surface area (Å²) in [4.78, 5) is 32.5. The average molecular weight is 188 g/mol. The van der Waals surface area contributed by atoms with Crippen LogP contribution in [0.2, 0.25) is 0 Å². The Labute approximate surface area is 73.3 Å². The molecule has 0 spiro atoms. The maximum absolute atomic E-state index is 11.1. The van der Waals surface area contributed by atoms with E-state index in [9.17, 15) is 14.4 Å². The van der Waals surface area contributed by atoms with Crippen LogP contribution in [0.3, 0.4) is 0 Å². The molecule has 0 aliphatic carbocycles. The number of carbonyl (C=O) groups is 3. The SMILES string of the molecule is CCSC(=O)C1NC(=O)NC1=O. The molecule has 1 aliphatic heterocycles. The predicted octanol–water partition coefficient (Wildman–Crippen LogP) is -0.526. The first-order valence-corrected chi connectivity index (χ1v) is 4.41. The molecular weight excluding hydrogens is 180 g/mol. The van der Waals surface area contributed by atoms with Crippen molar-refractivity contribution in [2.45, 2.75) is 13.0 Å². The smallest absolute Gasteiger partial charge is 0.319 e. The lowest BCUT2D eigenvalue weighted by Crippen LogP contribution is -2.35. The molecular formula is C6H8N2O3S. The minimum Gasteiger partial charge on any atom is -0.319 e. The van der Waals surface area contributed by atoms with E-state index in [1.807, 2.05) is 5.32 Å². The Morgan fingerprint density at radius 2 is 2.25 bits per heavy atom. The van der Waals surface area contributed by atoms with Gasteiger partial charge in [-0.1, -0.05) is 18.7 Å². The van der Waals surface area contributed by atoms with Gasteiger partial charge in [0.25, 0.3) is 5.91 Å². The molecule has 5 nitrogen and oxygen atoms in total. The summed E-state index contributed by atoms with van der Waals surface area (Å²) in [5.74, 6) is 0.0318. The Hall–Kier alpha value is -1.04. The zero-order valence-electron chi connectivity index (χ0n) is 6.42. The number of urea groups is 1. The van der Waals surface area contributed by atoms with E-state index >= 15 is 0 Å². The highest BCUT2D eigenvalue weighted by Crippen LogP contribution is 2.07. The summed E-state index contributed by atoms with van der Waals surface area (Å²) in [5, 5.41) is 3.88. The fourth-order valence-electron chi connectivity index (χ4n) is 0.808. The molecule has 12 heavy (non-hydrogen) atoms. The van der Waals surface area contributed by atoms with Crippen LogP contribution in [0.1, 0.15) is 6.92 Å². The van der Waals surface area contributed by atoms with Crippen LogP contribution < -0.4 is 10.6 Å². The van der Waals surface area contributed by atoms with Crippen molar-refractivity contribution in [1.82, 2.24) is 10.6 Å². The maximum atomic E-state index is 11.1. The van der Waals surface area contributed by atoms with Crippen molar-refractivity contribution in [3.8, 4) is 0 Å². The summed E-state index contributed by atoms with van der Waals surface area (Å²) in [6.45, 7) is 1.80. The zero-order chi connectivity index (χ0) is 9.14. The fraction of sp³-hybridized carbons (Fsp3) is 0.500. The lowest BCUT2D eigenvalue weighted by atomic mass is 10.3. The third-order valence-electron chi connectivity index (χ3n) is 1.30. The highest BCUT2D eigenvalue weighted by molar-refractivity contribution is 8.13.